The van der Waals surface area contributed by atoms with Crippen LogP contribution in [0.25, 0.3) is 0 Å². The maximum atomic E-state index is 13.3. The number of alkyl halides is 3. The number of hydrogen-bond donors (Lipinski definition) is 1. The van der Waals surface area contributed by atoms with Gasteiger partial charge < -0.3 is 19.7 Å². The quantitative estimate of drug-likeness (QED) is 0.505. The first-order valence-electron chi connectivity index (χ1n) is 10.8. The molecular formula is C26H23F3N2O4. The van der Waals surface area contributed by atoms with Crippen LogP contribution in [0.5, 0.6) is 11.5 Å². The molecule has 2 amide bonds. The minimum atomic E-state index is -4.54. The summed E-state index contributed by atoms with van der Waals surface area (Å²) in [6.45, 7) is 0. The molecule has 0 radical (unpaired) electrons. The summed E-state index contributed by atoms with van der Waals surface area (Å²) in [5.74, 6) is -0.443. The monoisotopic (exact) mass is 484 g/mol. The van der Waals surface area contributed by atoms with E-state index >= 15 is 0 Å². The number of benzene rings is 3. The van der Waals surface area contributed by atoms with E-state index in [-0.39, 0.29) is 18.0 Å². The normalized spacial score (nSPS) is 17.9. The average molecular weight is 484 g/mol. The van der Waals surface area contributed by atoms with Crippen molar-refractivity contribution in [3.63, 3.8) is 0 Å². The maximum absolute atomic E-state index is 13.3. The number of halogens is 3. The summed E-state index contributed by atoms with van der Waals surface area (Å²) < 4.78 is 49.7. The van der Waals surface area contributed by atoms with Crippen LogP contribution in [0.4, 0.5) is 24.5 Å². The highest BCUT2D eigenvalue weighted by atomic mass is 19.4. The second-order valence-corrected chi connectivity index (χ2v) is 8.06. The fraction of sp³-hybridized carbons (Fsp3) is 0.231. The van der Waals surface area contributed by atoms with E-state index in [1.54, 1.807) is 48.5 Å². The van der Waals surface area contributed by atoms with Crippen LogP contribution in [0.2, 0.25) is 0 Å². The Morgan fingerprint density at radius 2 is 1.54 bits per heavy atom. The van der Waals surface area contributed by atoms with E-state index in [2.05, 4.69) is 5.32 Å². The van der Waals surface area contributed by atoms with Gasteiger partial charge in [0.05, 0.1) is 31.7 Å². The predicted molar refractivity (Wildman–Crippen MR) is 124 cm³/mol. The van der Waals surface area contributed by atoms with Crippen molar-refractivity contribution in [2.24, 2.45) is 5.92 Å². The number of amides is 2. The molecule has 0 saturated carbocycles. The first-order valence-corrected chi connectivity index (χ1v) is 10.8. The molecule has 1 aliphatic rings. The zero-order valence-electron chi connectivity index (χ0n) is 19.0. The summed E-state index contributed by atoms with van der Waals surface area (Å²) in [6, 6.07) is 17.6. The topological polar surface area (TPSA) is 67.9 Å². The lowest BCUT2D eigenvalue weighted by Gasteiger charge is -2.28. The van der Waals surface area contributed by atoms with Gasteiger partial charge >= 0.3 is 6.18 Å². The van der Waals surface area contributed by atoms with Crippen LogP contribution < -0.4 is 19.7 Å². The lowest BCUT2D eigenvalue weighted by molar-refractivity contribution is -0.137. The van der Waals surface area contributed by atoms with Gasteiger partial charge in [0.25, 0.3) is 0 Å². The van der Waals surface area contributed by atoms with Crippen LogP contribution in [0.15, 0.2) is 72.8 Å². The number of hydrogen-bond acceptors (Lipinski definition) is 4. The summed E-state index contributed by atoms with van der Waals surface area (Å²) in [4.78, 5) is 28.0. The van der Waals surface area contributed by atoms with Crippen molar-refractivity contribution < 1.29 is 32.2 Å². The van der Waals surface area contributed by atoms with Gasteiger partial charge in [0.1, 0.15) is 11.5 Å². The molecule has 1 N–H and O–H groups in total. The Labute approximate surface area is 200 Å². The summed E-state index contributed by atoms with van der Waals surface area (Å²) in [5, 5.41) is 2.57. The molecule has 1 fully saturated rings. The van der Waals surface area contributed by atoms with E-state index < -0.39 is 29.6 Å². The van der Waals surface area contributed by atoms with Crippen LogP contribution in [-0.2, 0) is 15.8 Å². The molecule has 9 heteroatoms. The predicted octanol–water partition coefficient (Wildman–Crippen LogP) is 5.46. The van der Waals surface area contributed by atoms with E-state index in [1.807, 2.05) is 0 Å². The number of carbonyl (C=O) groups is 2. The third-order valence-electron chi connectivity index (χ3n) is 5.92. The lowest BCUT2D eigenvalue weighted by Crippen LogP contribution is -2.32. The Kier molecular flexibility index (Phi) is 6.68. The number of ether oxygens (including phenoxy) is 2. The molecule has 1 saturated heterocycles. The fourth-order valence-corrected chi connectivity index (χ4v) is 4.21. The van der Waals surface area contributed by atoms with Crippen molar-refractivity contribution in [2.45, 2.75) is 18.6 Å². The Morgan fingerprint density at radius 1 is 0.943 bits per heavy atom. The van der Waals surface area contributed by atoms with Crippen LogP contribution >= 0.6 is 0 Å². The van der Waals surface area contributed by atoms with Crippen LogP contribution in [0.1, 0.15) is 23.6 Å². The van der Waals surface area contributed by atoms with Crippen molar-refractivity contribution in [3.8, 4) is 11.5 Å². The molecule has 0 aliphatic carbocycles. The molecule has 4 rings (SSSR count). The Balaban J connectivity index is 1.69. The highest BCUT2D eigenvalue weighted by Crippen LogP contribution is 2.43. The van der Waals surface area contributed by atoms with Gasteiger partial charge in [-0.2, -0.15) is 13.2 Å². The third kappa shape index (κ3) is 5.08. The number of nitrogens with zero attached hydrogens (tertiary/aromatic N) is 1. The second-order valence-electron chi connectivity index (χ2n) is 8.06. The van der Waals surface area contributed by atoms with Gasteiger partial charge in [0.2, 0.25) is 11.8 Å². The fourth-order valence-electron chi connectivity index (χ4n) is 4.21. The Bertz CT molecular complexity index is 1210. The average Bonchev–Trinajstić information content (AvgIpc) is 3.21. The number of anilines is 2. The molecule has 0 bridgehead atoms. The van der Waals surface area contributed by atoms with E-state index in [9.17, 15) is 22.8 Å². The van der Waals surface area contributed by atoms with Crippen LogP contribution in [0, 0.1) is 5.92 Å². The minimum Gasteiger partial charge on any atom is -0.497 e. The third-order valence-corrected chi connectivity index (χ3v) is 5.92. The molecule has 6 nitrogen and oxygen atoms in total. The molecule has 2 atom stereocenters. The number of methoxy groups -OCH3 is 2. The summed E-state index contributed by atoms with van der Waals surface area (Å²) in [7, 11) is 3.06. The molecule has 1 aliphatic heterocycles. The largest absolute Gasteiger partial charge is 0.497 e. The van der Waals surface area contributed by atoms with Crippen LogP contribution in [0.3, 0.4) is 0 Å². The smallest absolute Gasteiger partial charge is 0.416 e. The number of nitrogens with one attached hydrogen (secondary N) is 1. The molecule has 3 aromatic rings. The van der Waals surface area contributed by atoms with Gasteiger partial charge in [-0.25, -0.2) is 0 Å². The molecule has 0 aromatic heterocycles. The maximum Gasteiger partial charge on any atom is 0.416 e. The summed E-state index contributed by atoms with van der Waals surface area (Å²) in [5.41, 5.74) is 0.403. The van der Waals surface area contributed by atoms with Gasteiger partial charge in [-0.3, -0.25) is 9.59 Å². The van der Waals surface area contributed by atoms with Gasteiger partial charge in [-0.05, 0) is 60.2 Å². The lowest BCUT2D eigenvalue weighted by atomic mass is 9.92. The number of rotatable bonds is 6. The standard InChI is InChI=1S/C26H23F3N2O4/c1-34-20-10-6-16(7-11-20)24-22(15-23(32)31(24)19-8-12-21(35-2)13-9-19)25(33)30-18-5-3-4-17(14-18)26(27,28)29/h3-14,22,24H,15H2,1-2H3,(H,30,33)/t22-,24-/m1/s1. The van der Waals surface area contributed by atoms with Crippen molar-refractivity contribution in [3.05, 3.63) is 83.9 Å². The highest BCUT2D eigenvalue weighted by Gasteiger charge is 2.45. The molecule has 3 aromatic carbocycles. The summed E-state index contributed by atoms with van der Waals surface area (Å²) in [6.07, 6.45) is -4.64. The first-order chi connectivity index (χ1) is 16.7. The molecule has 35 heavy (non-hydrogen) atoms. The van der Waals surface area contributed by atoms with Gasteiger partial charge in [-0.1, -0.05) is 18.2 Å². The molecule has 1 heterocycles. The van der Waals surface area contributed by atoms with E-state index in [4.69, 9.17) is 9.47 Å². The zero-order chi connectivity index (χ0) is 25.2. The number of carbonyl (C=O) groups excluding carboxylic acids is 2. The van der Waals surface area contributed by atoms with Gasteiger partial charge in [0, 0.05) is 17.8 Å². The van der Waals surface area contributed by atoms with Gasteiger partial charge in [0.15, 0.2) is 0 Å². The van der Waals surface area contributed by atoms with Crippen molar-refractivity contribution in [1.82, 2.24) is 0 Å². The Hall–Kier alpha value is -4.01. The summed E-state index contributed by atoms with van der Waals surface area (Å²) >= 11 is 0. The zero-order valence-corrected chi connectivity index (χ0v) is 19.0. The van der Waals surface area contributed by atoms with Crippen molar-refractivity contribution in [1.29, 1.82) is 0 Å². The molecule has 0 unspecified atom stereocenters. The first kappa shape index (κ1) is 24.1. The van der Waals surface area contributed by atoms with E-state index in [1.165, 1.54) is 31.3 Å². The Morgan fingerprint density at radius 3 is 2.11 bits per heavy atom. The molecular weight excluding hydrogens is 461 g/mol. The minimum absolute atomic E-state index is 0.00801. The van der Waals surface area contributed by atoms with Crippen molar-refractivity contribution >= 4 is 23.2 Å². The highest BCUT2D eigenvalue weighted by molar-refractivity contribution is 6.04. The molecule has 182 valence electrons. The van der Waals surface area contributed by atoms with E-state index in [0.29, 0.717) is 22.7 Å². The van der Waals surface area contributed by atoms with Crippen molar-refractivity contribution in [2.75, 3.05) is 24.4 Å². The second kappa shape index (κ2) is 9.69. The van der Waals surface area contributed by atoms with Gasteiger partial charge in [-0.15, -0.1) is 0 Å². The molecule has 0 spiro atoms. The van der Waals surface area contributed by atoms with Crippen LogP contribution in [-0.4, -0.2) is 26.0 Å². The van der Waals surface area contributed by atoms with E-state index in [0.717, 1.165) is 12.1 Å². The SMILES string of the molecule is COc1ccc([C@@H]2[C@H](C(=O)Nc3cccc(C(F)(F)F)c3)CC(=O)N2c2ccc(OC)cc2)cc1.